The maximum absolute atomic E-state index is 13.2. The van der Waals surface area contributed by atoms with Crippen molar-refractivity contribution in [1.82, 2.24) is 15.5 Å². The fourth-order valence-corrected chi connectivity index (χ4v) is 3.66. The molecular weight excluding hydrogens is 382 g/mol. The first kappa shape index (κ1) is 21.4. The Morgan fingerprint density at radius 2 is 1.83 bits per heavy atom. The van der Waals surface area contributed by atoms with Gasteiger partial charge in [0.2, 0.25) is 5.91 Å². The van der Waals surface area contributed by atoms with Crippen LogP contribution in [-0.2, 0) is 21.7 Å². The predicted molar refractivity (Wildman–Crippen MR) is 113 cm³/mol. The number of hydrogen-bond donors (Lipinski definition) is 2. The number of benzene rings is 2. The number of nitrogens with zero attached hydrogens (tertiary/aromatic N) is 1. The van der Waals surface area contributed by atoms with E-state index in [2.05, 4.69) is 10.6 Å². The van der Waals surface area contributed by atoms with Gasteiger partial charge in [-0.2, -0.15) is 0 Å². The second-order valence-electron chi connectivity index (χ2n) is 7.53. The molecule has 2 aromatic carbocycles. The van der Waals surface area contributed by atoms with Crippen LogP contribution in [0.3, 0.4) is 0 Å². The highest BCUT2D eigenvalue weighted by molar-refractivity contribution is 6.09. The summed E-state index contributed by atoms with van der Waals surface area (Å²) in [5.74, 6) is -0.115. The molecular formula is C23H27N3O4. The number of imide groups is 1. The van der Waals surface area contributed by atoms with Crippen LogP contribution in [0.1, 0.15) is 35.6 Å². The minimum Gasteiger partial charge on any atom is -0.496 e. The highest BCUT2D eigenvalue weighted by atomic mass is 16.5. The van der Waals surface area contributed by atoms with Gasteiger partial charge in [-0.3, -0.25) is 14.5 Å². The fraction of sp³-hybridized carbons (Fsp3) is 0.348. The van der Waals surface area contributed by atoms with Gasteiger partial charge in [-0.25, -0.2) is 4.79 Å². The molecule has 0 aliphatic carbocycles. The number of nitrogens with one attached hydrogen (secondary N) is 2. The number of carbonyl (C=O) groups excluding carboxylic acids is 3. The van der Waals surface area contributed by atoms with E-state index in [-0.39, 0.29) is 6.54 Å². The Hall–Kier alpha value is -3.35. The van der Waals surface area contributed by atoms with Crippen molar-refractivity contribution in [2.45, 2.75) is 39.3 Å². The maximum Gasteiger partial charge on any atom is 0.325 e. The van der Waals surface area contributed by atoms with Crippen LogP contribution in [0.5, 0.6) is 5.75 Å². The van der Waals surface area contributed by atoms with Crippen LogP contribution in [-0.4, -0.2) is 36.4 Å². The monoisotopic (exact) mass is 409 g/mol. The molecule has 0 bridgehead atoms. The Kier molecular flexibility index (Phi) is 6.10. The molecule has 2 N–H and O–H groups in total. The fourth-order valence-electron chi connectivity index (χ4n) is 3.66. The summed E-state index contributed by atoms with van der Waals surface area (Å²) in [4.78, 5) is 39.2. The molecule has 1 aliphatic rings. The van der Waals surface area contributed by atoms with Gasteiger partial charge in [0.25, 0.3) is 5.91 Å². The molecule has 30 heavy (non-hydrogen) atoms. The number of urea groups is 1. The molecule has 0 saturated carbocycles. The lowest BCUT2D eigenvalue weighted by Gasteiger charge is -2.26. The Bertz CT molecular complexity index is 971. The highest BCUT2D eigenvalue weighted by Crippen LogP contribution is 2.34. The minimum atomic E-state index is -1.19. The van der Waals surface area contributed by atoms with E-state index in [0.717, 1.165) is 21.6 Å². The second kappa shape index (κ2) is 8.57. The molecule has 0 spiro atoms. The molecule has 1 atom stereocenters. The summed E-state index contributed by atoms with van der Waals surface area (Å²) in [5.41, 5.74) is 2.42. The number of aryl methyl sites for hydroxylation is 2. The molecule has 1 unspecified atom stereocenters. The number of ether oxygens (including phenoxy) is 1. The molecule has 0 radical (unpaired) electrons. The van der Waals surface area contributed by atoms with Crippen LogP contribution in [0.4, 0.5) is 4.79 Å². The minimum absolute atomic E-state index is 0.326. The Labute approximate surface area is 176 Å². The molecule has 2 aromatic rings. The normalized spacial score (nSPS) is 18.3. The summed E-state index contributed by atoms with van der Waals surface area (Å²) in [7, 11) is 1.58. The number of rotatable bonds is 7. The molecule has 0 aromatic heterocycles. The lowest BCUT2D eigenvalue weighted by Crippen LogP contribution is -2.44. The van der Waals surface area contributed by atoms with Gasteiger partial charge in [-0.05, 0) is 49.1 Å². The van der Waals surface area contributed by atoms with E-state index in [1.54, 1.807) is 19.2 Å². The van der Waals surface area contributed by atoms with Crippen molar-refractivity contribution < 1.29 is 19.1 Å². The lowest BCUT2D eigenvalue weighted by molar-refractivity contribution is -0.135. The predicted octanol–water partition coefficient (Wildman–Crippen LogP) is 2.79. The van der Waals surface area contributed by atoms with Gasteiger partial charge in [-0.15, -0.1) is 0 Å². The van der Waals surface area contributed by atoms with Crippen LogP contribution < -0.4 is 15.4 Å². The van der Waals surface area contributed by atoms with Crippen molar-refractivity contribution in [3.63, 3.8) is 0 Å². The summed E-state index contributed by atoms with van der Waals surface area (Å²) in [5, 5.41) is 5.57. The van der Waals surface area contributed by atoms with Crippen LogP contribution in [0.25, 0.3) is 0 Å². The van der Waals surface area contributed by atoms with Gasteiger partial charge in [0.05, 0.1) is 7.11 Å². The van der Waals surface area contributed by atoms with Crippen LogP contribution in [0, 0.1) is 13.8 Å². The average Bonchev–Trinajstić information content (AvgIpc) is 2.98. The first-order valence-electron chi connectivity index (χ1n) is 9.92. The SMILES string of the molecule is CCC1(c2ccc(OC)c(C)c2)NC(=O)N(CC(=O)NCc2ccc(C)cc2)C1=O. The van der Waals surface area contributed by atoms with Gasteiger partial charge in [0.15, 0.2) is 0 Å². The number of hydrogen-bond acceptors (Lipinski definition) is 4. The van der Waals surface area contributed by atoms with Crippen molar-refractivity contribution in [2.24, 2.45) is 0 Å². The molecule has 4 amide bonds. The van der Waals surface area contributed by atoms with E-state index in [4.69, 9.17) is 4.74 Å². The highest BCUT2D eigenvalue weighted by Gasteiger charge is 2.51. The number of methoxy groups -OCH3 is 1. The summed E-state index contributed by atoms with van der Waals surface area (Å²) in [6.07, 6.45) is 0.366. The Morgan fingerprint density at radius 1 is 1.13 bits per heavy atom. The van der Waals surface area contributed by atoms with Crippen molar-refractivity contribution in [1.29, 1.82) is 0 Å². The van der Waals surface area contributed by atoms with E-state index < -0.39 is 23.4 Å². The summed E-state index contributed by atoms with van der Waals surface area (Å²) >= 11 is 0. The average molecular weight is 409 g/mol. The van der Waals surface area contributed by atoms with Crippen molar-refractivity contribution >= 4 is 17.8 Å². The quantitative estimate of drug-likeness (QED) is 0.689. The number of carbonyl (C=O) groups is 3. The summed E-state index contributed by atoms with van der Waals surface area (Å²) in [6, 6.07) is 12.6. The second-order valence-corrected chi connectivity index (χ2v) is 7.53. The van der Waals surface area contributed by atoms with E-state index in [0.29, 0.717) is 24.3 Å². The molecule has 1 aliphatic heterocycles. The zero-order valence-corrected chi connectivity index (χ0v) is 17.7. The third kappa shape index (κ3) is 4.01. The molecule has 1 saturated heterocycles. The van der Waals surface area contributed by atoms with Crippen LogP contribution >= 0.6 is 0 Å². The third-order valence-corrected chi connectivity index (χ3v) is 5.51. The van der Waals surface area contributed by atoms with Crippen LogP contribution in [0.15, 0.2) is 42.5 Å². The largest absolute Gasteiger partial charge is 0.496 e. The van der Waals surface area contributed by atoms with Crippen molar-refractivity contribution in [2.75, 3.05) is 13.7 Å². The molecule has 7 nitrogen and oxygen atoms in total. The van der Waals surface area contributed by atoms with Gasteiger partial charge in [-0.1, -0.05) is 42.8 Å². The van der Waals surface area contributed by atoms with Gasteiger partial charge < -0.3 is 15.4 Å². The van der Waals surface area contributed by atoms with Gasteiger partial charge >= 0.3 is 6.03 Å². The molecule has 158 valence electrons. The summed E-state index contributed by atoms with van der Waals surface area (Å²) < 4.78 is 5.29. The summed E-state index contributed by atoms with van der Waals surface area (Å²) in [6.45, 7) is 5.71. The number of amides is 4. The van der Waals surface area contributed by atoms with Crippen LogP contribution in [0.2, 0.25) is 0 Å². The third-order valence-electron chi connectivity index (χ3n) is 5.51. The molecule has 1 fully saturated rings. The van der Waals surface area contributed by atoms with E-state index in [9.17, 15) is 14.4 Å². The maximum atomic E-state index is 13.2. The van der Waals surface area contributed by atoms with Crippen molar-refractivity contribution in [3.05, 3.63) is 64.7 Å². The van der Waals surface area contributed by atoms with E-state index >= 15 is 0 Å². The molecule has 7 heteroatoms. The lowest BCUT2D eigenvalue weighted by atomic mass is 9.86. The topological polar surface area (TPSA) is 87.7 Å². The zero-order chi connectivity index (χ0) is 21.9. The van der Waals surface area contributed by atoms with E-state index in [1.807, 2.05) is 51.1 Å². The van der Waals surface area contributed by atoms with Gasteiger partial charge in [0.1, 0.15) is 17.8 Å². The Balaban J connectivity index is 1.73. The zero-order valence-electron chi connectivity index (χ0n) is 17.7. The van der Waals surface area contributed by atoms with Gasteiger partial charge in [0, 0.05) is 6.54 Å². The standard InChI is InChI=1S/C23H27N3O4/c1-5-23(18-10-11-19(30-4)16(3)12-18)21(28)26(22(29)25-23)14-20(27)24-13-17-8-6-15(2)7-9-17/h6-12H,5,13-14H2,1-4H3,(H,24,27)(H,25,29). The van der Waals surface area contributed by atoms with Crippen molar-refractivity contribution in [3.8, 4) is 5.75 Å². The molecule has 1 heterocycles. The first-order chi connectivity index (χ1) is 14.3. The smallest absolute Gasteiger partial charge is 0.325 e. The first-order valence-corrected chi connectivity index (χ1v) is 9.92. The van der Waals surface area contributed by atoms with E-state index in [1.165, 1.54) is 0 Å². The molecule has 3 rings (SSSR count). The Morgan fingerprint density at radius 3 is 2.43 bits per heavy atom.